The molecule has 0 unspecified atom stereocenters. The first kappa shape index (κ1) is 21.4. The largest absolute Gasteiger partial charge is 0.378 e. The number of hydrogen-bond acceptors (Lipinski definition) is 3. The van der Waals surface area contributed by atoms with Gasteiger partial charge in [0.05, 0.1) is 17.1 Å². The molecule has 2 aromatic rings. The summed E-state index contributed by atoms with van der Waals surface area (Å²) in [5, 5.41) is 0. The molecule has 4 rings (SSSR count). The van der Waals surface area contributed by atoms with E-state index in [1.807, 2.05) is 10.6 Å². The zero-order chi connectivity index (χ0) is 18.8. The molecule has 0 bridgehead atoms. The van der Waals surface area contributed by atoms with Gasteiger partial charge in [-0.25, -0.2) is 4.79 Å². The number of halogens is 1. The van der Waals surface area contributed by atoms with Gasteiger partial charge < -0.3 is 14.6 Å². The van der Waals surface area contributed by atoms with Crippen LogP contribution in [0.25, 0.3) is 11.0 Å². The number of piperidine rings is 1. The summed E-state index contributed by atoms with van der Waals surface area (Å²) < 4.78 is 7.95. The molecule has 1 aliphatic heterocycles. The number of aromatic nitrogens is 2. The first-order chi connectivity index (χ1) is 13.2. The van der Waals surface area contributed by atoms with Crippen LogP contribution >= 0.6 is 12.4 Å². The number of nitrogens with zero attached hydrogens (tertiary/aromatic N) is 2. The maximum atomic E-state index is 12.5. The molecule has 28 heavy (non-hydrogen) atoms. The van der Waals surface area contributed by atoms with Crippen LogP contribution < -0.4 is 5.69 Å². The van der Waals surface area contributed by atoms with Crippen molar-refractivity contribution < 1.29 is 4.74 Å². The van der Waals surface area contributed by atoms with E-state index in [1.54, 1.807) is 0 Å². The van der Waals surface area contributed by atoms with Gasteiger partial charge in [0.2, 0.25) is 0 Å². The molecular formula is C22H34ClN3O2. The first-order valence-corrected chi connectivity index (χ1v) is 10.7. The summed E-state index contributed by atoms with van der Waals surface area (Å²) in [5.74, 6) is 0. The van der Waals surface area contributed by atoms with Gasteiger partial charge in [0.25, 0.3) is 0 Å². The highest BCUT2D eigenvalue weighted by Crippen LogP contribution is 2.31. The lowest BCUT2D eigenvalue weighted by Crippen LogP contribution is -2.45. The number of imidazole rings is 1. The van der Waals surface area contributed by atoms with Crippen LogP contribution in [0.4, 0.5) is 0 Å². The molecule has 0 amide bonds. The van der Waals surface area contributed by atoms with Crippen LogP contribution in [0.3, 0.4) is 0 Å². The molecule has 0 radical (unpaired) electrons. The summed E-state index contributed by atoms with van der Waals surface area (Å²) in [5.41, 5.74) is 3.27. The second-order valence-electron chi connectivity index (χ2n) is 8.39. The highest BCUT2D eigenvalue weighted by molar-refractivity contribution is 5.85. The second-order valence-corrected chi connectivity index (χ2v) is 8.39. The first-order valence-electron chi connectivity index (χ1n) is 10.7. The number of fused-ring (bicyclic) bond motifs is 1. The zero-order valence-corrected chi connectivity index (χ0v) is 18.0. The molecule has 2 aliphatic rings. The number of hydrogen-bond donors (Lipinski definition) is 1. The lowest BCUT2D eigenvalue weighted by atomic mass is 9.90. The molecule has 0 atom stereocenters. The van der Waals surface area contributed by atoms with Crippen LogP contribution in [0.2, 0.25) is 0 Å². The number of aromatic amines is 1. The van der Waals surface area contributed by atoms with Gasteiger partial charge in [-0.3, -0.25) is 4.57 Å². The molecule has 1 saturated heterocycles. The van der Waals surface area contributed by atoms with Crippen molar-refractivity contribution in [3.05, 3.63) is 34.2 Å². The zero-order valence-electron chi connectivity index (χ0n) is 17.2. The van der Waals surface area contributed by atoms with E-state index >= 15 is 0 Å². The van der Waals surface area contributed by atoms with Crippen LogP contribution in [-0.4, -0.2) is 46.3 Å². The van der Waals surface area contributed by atoms with Gasteiger partial charge in [-0.15, -0.1) is 12.4 Å². The molecule has 0 spiro atoms. The fourth-order valence-electron chi connectivity index (χ4n) is 4.96. The van der Waals surface area contributed by atoms with Gasteiger partial charge in [-0.05, 0) is 69.6 Å². The van der Waals surface area contributed by atoms with Crippen molar-refractivity contribution >= 4 is 23.4 Å². The Morgan fingerprint density at radius 1 is 1.07 bits per heavy atom. The van der Waals surface area contributed by atoms with E-state index in [1.165, 1.54) is 31.2 Å². The Kier molecular flexibility index (Phi) is 7.24. The summed E-state index contributed by atoms with van der Waals surface area (Å²) in [6, 6.07) is 7.24. The van der Waals surface area contributed by atoms with E-state index in [0.29, 0.717) is 18.2 Å². The van der Waals surface area contributed by atoms with Crippen molar-refractivity contribution in [2.24, 2.45) is 0 Å². The summed E-state index contributed by atoms with van der Waals surface area (Å²) in [6.45, 7) is 7.36. The molecule has 6 heteroatoms. The van der Waals surface area contributed by atoms with Gasteiger partial charge in [-0.2, -0.15) is 0 Å². The van der Waals surface area contributed by atoms with Crippen LogP contribution in [0.5, 0.6) is 0 Å². The molecular weight excluding hydrogens is 374 g/mol. The Morgan fingerprint density at radius 3 is 2.46 bits per heavy atom. The fourth-order valence-corrected chi connectivity index (χ4v) is 4.96. The molecule has 1 aromatic carbocycles. The van der Waals surface area contributed by atoms with E-state index < -0.39 is 0 Å². The number of benzene rings is 1. The molecule has 1 aromatic heterocycles. The van der Waals surface area contributed by atoms with Crippen molar-refractivity contribution in [2.45, 2.75) is 77.0 Å². The lowest BCUT2D eigenvalue weighted by Gasteiger charge is -2.41. The lowest BCUT2D eigenvalue weighted by molar-refractivity contribution is 0.00254. The Hall–Kier alpha value is -1.30. The van der Waals surface area contributed by atoms with Crippen molar-refractivity contribution in [2.75, 3.05) is 19.7 Å². The van der Waals surface area contributed by atoms with Crippen molar-refractivity contribution in [3.8, 4) is 0 Å². The standard InChI is InChI=1S/C22H33N3O2.ClH/c1-3-14-27-19-7-5-17(6-8-19)24-12-10-18(11-13-24)25-21-15-16(2)4-9-20(21)23-22(25)26;/h4,9,15,17-19H,3,5-8,10-14H2,1-2H3,(H,23,26);1H/t17-,19-;. The maximum absolute atomic E-state index is 12.5. The molecule has 2 fully saturated rings. The highest BCUT2D eigenvalue weighted by atomic mass is 35.5. The van der Waals surface area contributed by atoms with E-state index in [0.717, 1.165) is 50.0 Å². The molecule has 1 aliphatic carbocycles. The predicted molar refractivity (Wildman–Crippen MR) is 117 cm³/mol. The topological polar surface area (TPSA) is 50.3 Å². The number of likely N-dealkylation sites (tertiary alicyclic amines) is 1. The third-order valence-corrected chi connectivity index (χ3v) is 6.46. The summed E-state index contributed by atoms with van der Waals surface area (Å²) in [7, 11) is 0. The Labute approximate surface area is 173 Å². The second kappa shape index (κ2) is 9.47. The highest BCUT2D eigenvalue weighted by Gasteiger charge is 2.30. The number of H-pyrrole nitrogens is 1. The normalized spacial score (nSPS) is 24.4. The average molecular weight is 408 g/mol. The Morgan fingerprint density at radius 2 is 1.79 bits per heavy atom. The number of aryl methyl sites for hydroxylation is 1. The SMILES string of the molecule is CCCO[C@H]1CC[C@H](N2CCC(n3c(=O)[nH]c4ccc(C)cc43)CC2)CC1.Cl. The minimum Gasteiger partial charge on any atom is -0.378 e. The smallest absolute Gasteiger partial charge is 0.326 e. The van der Waals surface area contributed by atoms with E-state index in [9.17, 15) is 4.79 Å². The minimum atomic E-state index is 0. The monoisotopic (exact) mass is 407 g/mol. The quantitative estimate of drug-likeness (QED) is 0.797. The van der Waals surface area contributed by atoms with Gasteiger partial charge in [0, 0.05) is 31.8 Å². The van der Waals surface area contributed by atoms with Crippen LogP contribution in [-0.2, 0) is 4.74 Å². The van der Waals surface area contributed by atoms with E-state index in [2.05, 4.69) is 35.9 Å². The van der Waals surface area contributed by atoms with Crippen LogP contribution in [0.1, 0.15) is 63.5 Å². The van der Waals surface area contributed by atoms with E-state index in [4.69, 9.17) is 4.74 Å². The van der Waals surface area contributed by atoms with E-state index in [-0.39, 0.29) is 18.1 Å². The van der Waals surface area contributed by atoms with Crippen molar-refractivity contribution in [3.63, 3.8) is 0 Å². The average Bonchev–Trinajstić information content (AvgIpc) is 3.02. The predicted octanol–water partition coefficient (Wildman–Crippen LogP) is 4.43. The van der Waals surface area contributed by atoms with Crippen LogP contribution in [0, 0.1) is 6.92 Å². The Balaban J connectivity index is 0.00000225. The maximum Gasteiger partial charge on any atom is 0.326 e. The summed E-state index contributed by atoms with van der Waals surface area (Å²) in [4.78, 5) is 18.2. The molecule has 2 heterocycles. The van der Waals surface area contributed by atoms with Gasteiger partial charge >= 0.3 is 5.69 Å². The minimum absolute atomic E-state index is 0. The Bertz CT molecular complexity index is 815. The number of nitrogens with one attached hydrogen (secondary N) is 1. The van der Waals surface area contributed by atoms with Gasteiger partial charge in [0.15, 0.2) is 0 Å². The molecule has 5 nitrogen and oxygen atoms in total. The summed E-state index contributed by atoms with van der Waals surface area (Å²) in [6.07, 6.45) is 8.63. The number of ether oxygens (including phenoxy) is 1. The fraction of sp³-hybridized carbons (Fsp3) is 0.682. The van der Waals surface area contributed by atoms with Gasteiger partial charge in [0.1, 0.15) is 0 Å². The number of rotatable bonds is 5. The van der Waals surface area contributed by atoms with Gasteiger partial charge in [-0.1, -0.05) is 13.0 Å². The molecule has 156 valence electrons. The molecule has 1 N–H and O–H groups in total. The third-order valence-electron chi connectivity index (χ3n) is 6.46. The van der Waals surface area contributed by atoms with Crippen molar-refractivity contribution in [1.29, 1.82) is 0 Å². The third kappa shape index (κ3) is 4.47. The van der Waals surface area contributed by atoms with Crippen molar-refractivity contribution in [1.82, 2.24) is 14.5 Å². The molecule has 1 saturated carbocycles. The van der Waals surface area contributed by atoms with Crippen LogP contribution in [0.15, 0.2) is 23.0 Å². The summed E-state index contributed by atoms with van der Waals surface area (Å²) >= 11 is 0.